The zero-order chi connectivity index (χ0) is 0. The van der Waals surface area contributed by atoms with Crippen molar-refractivity contribution in [3.8, 4) is 0 Å². The smallest absolute Gasteiger partial charge is 2.00 e. The Hall–Kier alpha value is 1.79. The minimum Gasteiger partial charge on any atom is -2.00 e. The van der Waals surface area contributed by atoms with Crippen molar-refractivity contribution in [3.63, 3.8) is 0 Å². The van der Waals surface area contributed by atoms with E-state index in [0.29, 0.717) is 0 Å². The molecule has 0 amide bonds. The second kappa shape index (κ2) is 41.5. The largest absolute Gasteiger partial charge is 2.00 e. The molecule has 0 saturated carbocycles. The van der Waals surface area contributed by atoms with Gasteiger partial charge in [-0.05, 0) is 0 Å². The first-order chi connectivity index (χ1) is 0. The summed E-state index contributed by atoms with van der Waals surface area (Å²) < 4.78 is 0. The summed E-state index contributed by atoms with van der Waals surface area (Å²) in [7, 11) is 0. The third kappa shape index (κ3) is 26.0. The van der Waals surface area contributed by atoms with E-state index in [0.717, 1.165) is 0 Å². The first-order valence-corrected chi connectivity index (χ1v) is 0. The fourth-order valence-corrected chi connectivity index (χ4v) is 0. The van der Waals surface area contributed by atoms with Crippen LogP contribution in [0.3, 0.4) is 0 Å². The van der Waals surface area contributed by atoms with Gasteiger partial charge in [0.15, 0.2) is 0 Å². The molecular formula is Cl2OZn2. The van der Waals surface area contributed by atoms with E-state index in [4.69, 9.17) is 0 Å². The topological polar surface area (TPSA) is 28.5 Å². The Morgan fingerprint density at radius 2 is 0.600 bits per heavy atom. The van der Waals surface area contributed by atoms with Gasteiger partial charge >= 0.3 is 39.0 Å². The Labute approximate surface area is 68.9 Å². The average Bonchev–Trinajstić information content (AvgIpc) is 0. The number of halogens is 2. The maximum Gasteiger partial charge on any atom is 2.00 e. The fourth-order valence-electron chi connectivity index (χ4n) is 0. The molecule has 0 aromatic heterocycles. The molecule has 1 nitrogen and oxygen atoms in total. The van der Waals surface area contributed by atoms with Gasteiger partial charge in [-0.2, -0.15) is 0 Å². The normalized spacial score (nSPS) is 0. The van der Waals surface area contributed by atoms with Crippen molar-refractivity contribution < 1.29 is 69.2 Å². The van der Waals surface area contributed by atoms with Crippen molar-refractivity contribution in [2.75, 3.05) is 0 Å². The van der Waals surface area contributed by atoms with Gasteiger partial charge in [-0.3, -0.25) is 0 Å². The summed E-state index contributed by atoms with van der Waals surface area (Å²) >= 11 is 0. The van der Waals surface area contributed by atoms with Gasteiger partial charge in [-0.25, -0.2) is 0 Å². The SMILES string of the molecule is [Cl-].[Cl-].[O-2].[Zn+2].[Zn+2]. The molecule has 0 unspecified atom stereocenters. The minimum atomic E-state index is 0. The number of hydrogen-bond acceptors (Lipinski definition) is 0. The summed E-state index contributed by atoms with van der Waals surface area (Å²) in [6.45, 7) is 0. The van der Waals surface area contributed by atoms with Crippen molar-refractivity contribution in [3.05, 3.63) is 0 Å². The molecule has 5 heavy (non-hydrogen) atoms. The maximum absolute atomic E-state index is 0. The molecule has 0 aliphatic heterocycles. The number of hydrogen-bond donors (Lipinski definition) is 0. The van der Waals surface area contributed by atoms with Crippen LogP contribution in [0, 0.1) is 0 Å². The van der Waals surface area contributed by atoms with E-state index in [1.54, 1.807) is 0 Å². The molecule has 0 aliphatic carbocycles. The van der Waals surface area contributed by atoms with Crippen LogP contribution in [0.15, 0.2) is 0 Å². The summed E-state index contributed by atoms with van der Waals surface area (Å²) in [5.41, 5.74) is 0. The molecule has 0 atom stereocenters. The second-order valence-electron chi connectivity index (χ2n) is 0. The van der Waals surface area contributed by atoms with E-state index in [1.807, 2.05) is 0 Å². The monoisotopic (exact) mass is 214 g/mol. The Balaban J connectivity index is 0. The molecule has 0 aromatic carbocycles. The van der Waals surface area contributed by atoms with Crippen LogP contribution in [-0.2, 0) is 44.4 Å². The summed E-state index contributed by atoms with van der Waals surface area (Å²) in [6.07, 6.45) is 0. The molecule has 0 saturated heterocycles. The summed E-state index contributed by atoms with van der Waals surface area (Å²) in [4.78, 5) is 0. The van der Waals surface area contributed by atoms with E-state index >= 15 is 0 Å². The van der Waals surface area contributed by atoms with Gasteiger partial charge < -0.3 is 30.3 Å². The van der Waals surface area contributed by atoms with Crippen molar-refractivity contribution in [1.82, 2.24) is 0 Å². The van der Waals surface area contributed by atoms with Gasteiger partial charge in [-0.15, -0.1) is 0 Å². The molecule has 24 valence electrons. The fraction of sp³-hybridized carbons (Fsp3) is 0. The first-order valence-electron chi connectivity index (χ1n) is 0. The van der Waals surface area contributed by atoms with Crippen molar-refractivity contribution in [2.24, 2.45) is 0 Å². The molecule has 0 bridgehead atoms. The third-order valence-electron chi connectivity index (χ3n) is 0. The standard InChI is InChI=1S/2ClH.O.2Zn/h2*1H;;;/q;;-2;2*+2/p-2. The molecule has 0 radical (unpaired) electrons. The number of rotatable bonds is 0. The van der Waals surface area contributed by atoms with Crippen LogP contribution in [-0.4, -0.2) is 0 Å². The van der Waals surface area contributed by atoms with Gasteiger partial charge in [0.25, 0.3) is 0 Å². The molecule has 0 aromatic rings. The van der Waals surface area contributed by atoms with Crippen molar-refractivity contribution in [1.29, 1.82) is 0 Å². The Morgan fingerprint density at radius 3 is 0.600 bits per heavy atom. The van der Waals surface area contributed by atoms with Crippen LogP contribution in [0.25, 0.3) is 0 Å². The first kappa shape index (κ1) is 71.2. The molecule has 0 aliphatic rings. The maximum atomic E-state index is 0. The quantitative estimate of drug-likeness (QED) is 0.362. The van der Waals surface area contributed by atoms with Crippen LogP contribution >= 0.6 is 0 Å². The van der Waals surface area contributed by atoms with Crippen molar-refractivity contribution >= 4 is 0 Å². The Bertz CT molecular complexity index is 7.61. The molecule has 0 spiro atoms. The van der Waals surface area contributed by atoms with Crippen LogP contribution in [0.2, 0.25) is 0 Å². The molecule has 0 N–H and O–H groups in total. The van der Waals surface area contributed by atoms with Crippen LogP contribution in [0.1, 0.15) is 0 Å². The van der Waals surface area contributed by atoms with Crippen LogP contribution < -0.4 is 24.8 Å². The predicted molar refractivity (Wildman–Crippen MR) is 0.686 cm³/mol. The van der Waals surface area contributed by atoms with E-state index < -0.39 is 0 Å². The van der Waals surface area contributed by atoms with E-state index in [1.165, 1.54) is 0 Å². The van der Waals surface area contributed by atoms with Gasteiger partial charge in [0.2, 0.25) is 0 Å². The summed E-state index contributed by atoms with van der Waals surface area (Å²) in [5, 5.41) is 0. The molecule has 0 heterocycles. The van der Waals surface area contributed by atoms with Crippen LogP contribution in [0.4, 0.5) is 0 Å². The Morgan fingerprint density at radius 1 is 0.600 bits per heavy atom. The predicted octanol–water partition coefficient (Wildman–Crippen LogP) is -6.12. The zero-order valence-electron chi connectivity index (χ0n) is 2.58. The van der Waals surface area contributed by atoms with Gasteiger partial charge in [-0.1, -0.05) is 0 Å². The van der Waals surface area contributed by atoms with Crippen LogP contribution in [0.5, 0.6) is 0 Å². The molecule has 0 fully saturated rings. The van der Waals surface area contributed by atoms with Gasteiger partial charge in [0.1, 0.15) is 0 Å². The summed E-state index contributed by atoms with van der Waals surface area (Å²) in [5.74, 6) is 0. The van der Waals surface area contributed by atoms with Crippen molar-refractivity contribution in [2.45, 2.75) is 0 Å². The van der Waals surface area contributed by atoms with E-state index in [9.17, 15) is 0 Å². The zero-order valence-corrected chi connectivity index (χ0v) is 10.0. The van der Waals surface area contributed by atoms with E-state index in [-0.39, 0.29) is 69.2 Å². The summed E-state index contributed by atoms with van der Waals surface area (Å²) in [6, 6.07) is 0. The van der Waals surface area contributed by atoms with Gasteiger partial charge in [0.05, 0.1) is 0 Å². The molecule has 5 heteroatoms. The van der Waals surface area contributed by atoms with Gasteiger partial charge in [0, 0.05) is 0 Å². The van der Waals surface area contributed by atoms with E-state index in [2.05, 4.69) is 0 Å². The second-order valence-corrected chi connectivity index (χ2v) is 0. The molecule has 0 rings (SSSR count). The Kier molecular flexibility index (Phi) is 591. The minimum absolute atomic E-state index is 0. The third-order valence-corrected chi connectivity index (χ3v) is 0. The average molecular weight is 218 g/mol. The molecular weight excluding hydrogens is 218 g/mol.